The van der Waals surface area contributed by atoms with E-state index < -0.39 is 60.0 Å². The van der Waals surface area contributed by atoms with Gasteiger partial charge in [0.25, 0.3) is 0 Å². The van der Waals surface area contributed by atoms with Gasteiger partial charge < -0.3 is 34.3 Å². The van der Waals surface area contributed by atoms with Gasteiger partial charge in [0.15, 0.2) is 18.0 Å². The van der Waals surface area contributed by atoms with Gasteiger partial charge in [-0.1, -0.05) is 35.1 Å². The second-order valence-electron chi connectivity index (χ2n) is 6.74. The number of Topliss-reactive ketones (excluding diaryl/α,β-unsaturated/α-hetero) is 1. The van der Waals surface area contributed by atoms with Crippen LogP contribution in [0.5, 0.6) is 0 Å². The summed E-state index contributed by atoms with van der Waals surface area (Å²) in [4.78, 5) is 66.1. The van der Waals surface area contributed by atoms with Gasteiger partial charge in [0.2, 0.25) is 12.2 Å². The predicted octanol–water partition coefficient (Wildman–Crippen LogP) is 1.69. The first kappa shape index (κ1) is 36.5. The Morgan fingerprint density at radius 2 is 0.914 bits per heavy atom. The molecule has 3 N–H and O–H groups in total. The van der Waals surface area contributed by atoms with Crippen LogP contribution in [0.1, 0.15) is 67.7 Å². The van der Waals surface area contributed by atoms with Crippen LogP contribution < -0.4 is 0 Å². The lowest BCUT2D eigenvalue weighted by atomic mass is 10.1. The van der Waals surface area contributed by atoms with Gasteiger partial charge in [-0.05, 0) is 19.8 Å². The highest BCUT2D eigenvalue weighted by Crippen LogP contribution is 2.10. The Hall–Kier alpha value is -3.06. The van der Waals surface area contributed by atoms with Crippen molar-refractivity contribution < 1.29 is 63.0 Å². The van der Waals surface area contributed by atoms with Crippen LogP contribution in [-0.4, -0.2) is 88.6 Å². The zero-order valence-corrected chi connectivity index (χ0v) is 20.0. The number of ether oxygens (including phenoxy) is 4. The topological polar surface area (TPSA) is 200 Å². The minimum atomic E-state index is -1.81. The molecule has 0 spiro atoms. The maximum absolute atomic E-state index is 11.3. The van der Waals surface area contributed by atoms with Crippen molar-refractivity contribution in [2.45, 2.75) is 92.1 Å². The van der Waals surface area contributed by atoms with Gasteiger partial charge >= 0.3 is 29.8 Å². The van der Waals surface area contributed by atoms with Crippen LogP contribution >= 0.6 is 0 Å². The quantitative estimate of drug-likeness (QED) is 0.253. The molecule has 204 valence electrons. The average molecular weight is 511 g/mol. The Labute approximate surface area is 204 Å². The van der Waals surface area contributed by atoms with Crippen molar-refractivity contribution in [2.75, 3.05) is 13.2 Å². The molecule has 13 nitrogen and oxygen atoms in total. The zero-order valence-electron chi connectivity index (χ0n) is 20.0. The predicted molar refractivity (Wildman–Crippen MR) is 121 cm³/mol. The first-order valence-electron chi connectivity index (χ1n) is 10.7. The smallest absolute Gasteiger partial charge is 0.349 e. The van der Waals surface area contributed by atoms with Crippen molar-refractivity contribution in [3.63, 3.8) is 0 Å². The molecule has 0 aromatic carbocycles. The molecule has 0 fully saturated rings. The number of carboxylic acids is 3. The highest BCUT2D eigenvalue weighted by atomic mass is 16.6. The molecule has 0 heterocycles. The van der Waals surface area contributed by atoms with Gasteiger partial charge in [-0.15, -0.1) is 0 Å². The Morgan fingerprint density at radius 3 is 1.14 bits per heavy atom. The summed E-state index contributed by atoms with van der Waals surface area (Å²) in [6.07, 6.45) is -5.18. The van der Waals surface area contributed by atoms with E-state index in [1.807, 2.05) is 13.8 Å². The van der Waals surface area contributed by atoms with E-state index in [9.17, 15) is 28.8 Å². The molecular weight excluding hydrogens is 472 g/mol. The van der Waals surface area contributed by atoms with E-state index in [1.165, 1.54) is 13.8 Å². The molecule has 4 atom stereocenters. The number of rotatable bonds is 16. The summed E-state index contributed by atoms with van der Waals surface area (Å²) in [5, 5.41) is 26.6. The molecule has 0 aromatic rings. The van der Waals surface area contributed by atoms with Crippen LogP contribution in [0.25, 0.3) is 0 Å². The van der Waals surface area contributed by atoms with Gasteiger partial charge in [-0.25, -0.2) is 14.4 Å². The van der Waals surface area contributed by atoms with E-state index in [1.54, 1.807) is 0 Å². The molecule has 4 unspecified atom stereocenters. The average Bonchev–Trinajstić information content (AvgIpc) is 2.77. The van der Waals surface area contributed by atoms with Gasteiger partial charge in [-0.2, -0.15) is 0 Å². The molecule has 0 amide bonds. The monoisotopic (exact) mass is 510 g/mol. The minimum Gasteiger partial charge on any atom is -0.479 e. The van der Waals surface area contributed by atoms with Crippen LogP contribution in [0.2, 0.25) is 0 Å². The number of aliphatic carboxylic acids is 3. The first-order chi connectivity index (χ1) is 15.9. The van der Waals surface area contributed by atoms with Crippen LogP contribution in [0, 0.1) is 0 Å². The summed E-state index contributed by atoms with van der Waals surface area (Å²) in [5.41, 5.74) is 0. The summed E-state index contributed by atoms with van der Waals surface area (Å²) < 4.78 is 19.2. The second kappa shape index (κ2) is 20.3. The van der Waals surface area contributed by atoms with Crippen LogP contribution in [0.3, 0.4) is 0 Å². The third-order valence-electron chi connectivity index (χ3n) is 3.78. The fraction of sp³-hybridized carbons (Fsp3) is 0.727. The van der Waals surface area contributed by atoms with Gasteiger partial charge in [0.1, 0.15) is 0 Å². The summed E-state index contributed by atoms with van der Waals surface area (Å²) in [7, 11) is 0. The van der Waals surface area contributed by atoms with E-state index in [0.717, 1.165) is 6.92 Å². The lowest BCUT2D eigenvalue weighted by Gasteiger charge is -2.21. The van der Waals surface area contributed by atoms with Crippen molar-refractivity contribution in [3.8, 4) is 0 Å². The summed E-state index contributed by atoms with van der Waals surface area (Å²) in [6.45, 7) is 8.02. The molecule has 0 aliphatic heterocycles. The third kappa shape index (κ3) is 15.5. The highest BCUT2D eigenvalue weighted by Gasteiger charge is 2.38. The van der Waals surface area contributed by atoms with Gasteiger partial charge in [0.05, 0.1) is 0 Å². The first-order valence-corrected chi connectivity index (χ1v) is 10.7. The van der Waals surface area contributed by atoms with E-state index in [-0.39, 0.29) is 33.5 Å². The molecule has 0 aliphatic carbocycles. The summed E-state index contributed by atoms with van der Waals surface area (Å²) in [5.74, 6) is -6.42. The number of ketones is 1. The maximum atomic E-state index is 11.3. The SMILES string of the molecule is C.CCC(=O)OC(C(C)=O)C(OC(=O)CC)C(=O)O.CCCOC(C(=O)O)C(OCCC)C(=O)O. The number of carboxylic acid groups (broad SMARTS) is 3. The van der Waals surface area contributed by atoms with E-state index in [0.29, 0.717) is 12.8 Å². The normalized spacial score (nSPS) is 13.4. The fourth-order valence-electron chi connectivity index (χ4n) is 2.12. The van der Waals surface area contributed by atoms with Crippen molar-refractivity contribution in [1.29, 1.82) is 0 Å². The van der Waals surface area contributed by atoms with E-state index in [4.69, 9.17) is 24.8 Å². The largest absolute Gasteiger partial charge is 0.479 e. The van der Waals surface area contributed by atoms with Crippen molar-refractivity contribution in [1.82, 2.24) is 0 Å². The van der Waals surface area contributed by atoms with Gasteiger partial charge in [0, 0.05) is 26.1 Å². The lowest BCUT2D eigenvalue weighted by molar-refractivity contribution is -0.181. The molecule has 0 aromatic heterocycles. The maximum Gasteiger partial charge on any atom is 0.349 e. The number of hydrogen-bond acceptors (Lipinski definition) is 10. The van der Waals surface area contributed by atoms with Crippen LogP contribution in [0.15, 0.2) is 0 Å². The molecule has 0 radical (unpaired) electrons. The molecule has 0 saturated heterocycles. The number of carbonyl (C=O) groups is 6. The van der Waals surface area contributed by atoms with E-state index in [2.05, 4.69) is 9.47 Å². The Balaban J connectivity index is -0.000000573. The highest BCUT2D eigenvalue weighted by molar-refractivity contribution is 5.91. The molecule has 35 heavy (non-hydrogen) atoms. The molecular formula is C22H38O13. The Bertz CT molecular complexity index is 631. The second-order valence-corrected chi connectivity index (χ2v) is 6.74. The molecule has 0 aliphatic rings. The lowest BCUT2D eigenvalue weighted by Crippen LogP contribution is -2.44. The fourth-order valence-corrected chi connectivity index (χ4v) is 2.12. The summed E-state index contributed by atoms with van der Waals surface area (Å²) >= 11 is 0. The summed E-state index contributed by atoms with van der Waals surface area (Å²) in [6, 6.07) is 0. The minimum absolute atomic E-state index is 0. The number of esters is 2. The molecule has 0 bridgehead atoms. The number of carbonyl (C=O) groups excluding carboxylic acids is 3. The van der Waals surface area contributed by atoms with Crippen LogP contribution in [0.4, 0.5) is 0 Å². The van der Waals surface area contributed by atoms with Gasteiger partial charge in [-0.3, -0.25) is 14.4 Å². The third-order valence-corrected chi connectivity index (χ3v) is 3.78. The molecule has 13 heteroatoms. The standard InChI is InChI=1S/C11H16O7.C10H18O6.CH4/c1-4-7(13)17-9(6(3)12)10(11(15)16)18-8(14)5-2;1-3-5-15-7(9(11)12)8(10(13)14)16-6-4-2;/h9-10H,4-5H2,1-3H3,(H,15,16);7-8H,3-6H2,1-2H3,(H,11,12)(H,13,14);1H4. The number of hydrogen-bond donors (Lipinski definition) is 3. The van der Waals surface area contributed by atoms with Crippen LogP contribution in [-0.2, 0) is 47.7 Å². The van der Waals surface area contributed by atoms with E-state index >= 15 is 0 Å². The molecule has 0 saturated carbocycles. The van der Waals surface area contributed by atoms with Crippen molar-refractivity contribution in [2.24, 2.45) is 0 Å². The molecule has 0 rings (SSSR count). The van der Waals surface area contributed by atoms with Crippen molar-refractivity contribution in [3.05, 3.63) is 0 Å². The Morgan fingerprint density at radius 1 is 0.600 bits per heavy atom. The zero-order chi connectivity index (χ0) is 26.8. The van der Waals surface area contributed by atoms with Crippen molar-refractivity contribution >= 4 is 35.6 Å². The Kier molecular flexibility index (Phi) is 21.2.